The third-order valence-corrected chi connectivity index (χ3v) is 3.91. The van der Waals surface area contributed by atoms with E-state index < -0.39 is 0 Å². The van der Waals surface area contributed by atoms with Crippen LogP contribution < -0.4 is 0 Å². The third kappa shape index (κ3) is 2.21. The Morgan fingerprint density at radius 1 is 1.05 bits per heavy atom. The fourth-order valence-electron chi connectivity index (χ4n) is 2.09. The molecule has 1 aromatic heterocycles. The standard InChI is InChI=1S/C15H9ClN2S/c16-11-7-5-10(6-8-11)14-15(19-9-17)12-3-1-2-4-13(12)18-14/h1-8,18H. The lowest BCUT2D eigenvalue weighted by molar-refractivity contribution is 1.40. The molecule has 0 unspecified atom stereocenters. The first-order valence-corrected chi connectivity index (χ1v) is 6.91. The van der Waals surface area contributed by atoms with Crippen molar-refractivity contribution >= 4 is 34.3 Å². The van der Waals surface area contributed by atoms with Crippen molar-refractivity contribution in [2.24, 2.45) is 0 Å². The first-order chi connectivity index (χ1) is 9.29. The van der Waals surface area contributed by atoms with Gasteiger partial charge in [0.25, 0.3) is 0 Å². The van der Waals surface area contributed by atoms with E-state index in [2.05, 4.69) is 10.4 Å². The Bertz CT molecular complexity index is 769. The van der Waals surface area contributed by atoms with Gasteiger partial charge in [0.05, 0.1) is 10.6 Å². The van der Waals surface area contributed by atoms with E-state index in [9.17, 15) is 0 Å². The lowest BCUT2D eigenvalue weighted by Crippen LogP contribution is -1.79. The Morgan fingerprint density at radius 2 is 1.79 bits per heavy atom. The number of para-hydroxylation sites is 1. The number of nitriles is 1. The molecule has 0 radical (unpaired) electrons. The molecule has 0 bridgehead atoms. The van der Waals surface area contributed by atoms with Gasteiger partial charge in [-0.25, -0.2) is 0 Å². The van der Waals surface area contributed by atoms with Gasteiger partial charge in [-0.05, 0) is 35.5 Å². The van der Waals surface area contributed by atoms with Gasteiger partial charge in [0.2, 0.25) is 0 Å². The van der Waals surface area contributed by atoms with Crippen molar-refractivity contribution in [2.45, 2.75) is 4.90 Å². The molecule has 0 fully saturated rings. The average molecular weight is 285 g/mol. The van der Waals surface area contributed by atoms with E-state index in [0.29, 0.717) is 5.02 Å². The fourth-order valence-corrected chi connectivity index (χ4v) is 2.86. The largest absolute Gasteiger partial charge is 0.354 e. The average Bonchev–Trinajstić information content (AvgIpc) is 2.79. The summed E-state index contributed by atoms with van der Waals surface area (Å²) < 4.78 is 0. The maximum absolute atomic E-state index is 8.99. The first kappa shape index (κ1) is 12.2. The molecule has 1 heterocycles. The van der Waals surface area contributed by atoms with Crippen molar-refractivity contribution in [3.05, 3.63) is 53.6 Å². The number of thioether (sulfide) groups is 1. The summed E-state index contributed by atoms with van der Waals surface area (Å²) in [7, 11) is 0. The van der Waals surface area contributed by atoms with Crippen molar-refractivity contribution in [1.82, 2.24) is 4.98 Å². The molecule has 0 saturated carbocycles. The minimum absolute atomic E-state index is 0.703. The molecule has 4 heteroatoms. The summed E-state index contributed by atoms with van der Waals surface area (Å²) >= 11 is 7.09. The minimum atomic E-state index is 0.703. The van der Waals surface area contributed by atoms with Crippen LogP contribution in [0, 0.1) is 10.7 Å². The van der Waals surface area contributed by atoms with Crippen LogP contribution in [0.1, 0.15) is 0 Å². The van der Waals surface area contributed by atoms with E-state index in [4.69, 9.17) is 16.9 Å². The molecular formula is C15H9ClN2S. The topological polar surface area (TPSA) is 39.6 Å². The summed E-state index contributed by atoms with van der Waals surface area (Å²) in [6.45, 7) is 0. The van der Waals surface area contributed by atoms with Crippen molar-refractivity contribution in [3.8, 4) is 16.7 Å². The molecule has 0 aliphatic rings. The van der Waals surface area contributed by atoms with E-state index in [-0.39, 0.29) is 0 Å². The number of rotatable bonds is 2. The Labute approximate surface area is 120 Å². The predicted molar refractivity (Wildman–Crippen MR) is 80.2 cm³/mol. The summed E-state index contributed by atoms with van der Waals surface area (Å²) in [6, 6.07) is 15.6. The van der Waals surface area contributed by atoms with Crippen molar-refractivity contribution < 1.29 is 0 Å². The second-order valence-electron chi connectivity index (χ2n) is 4.07. The maximum atomic E-state index is 8.99. The predicted octanol–water partition coefficient (Wildman–Crippen LogP) is 5.06. The van der Waals surface area contributed by atoms with Crippen LogP contribution in [-0.4, -0.2) is 4.98 Å². The van der Waals surface area contributed by atoms with Crippen LogP contribution in [0.2, 0.25) is 5.02 Å². The third-order valence-electron chi connectivity index (χ3n) is 2.94. The highest BCUT2D eigenvalue weighted by atomic mass is 35.5. The molecule has 19 heavy (non-hydrogen) atoms. The van der Waals surface area contributed by atoms with E-state index >= 15 is 0 Å². The Hall–Kier alpha value is -1.89. The molecule has 2 nitrogen and oxygen atoms in total. The molecule has 0 spiro atoms. The molecule has 0 aliphatic heterocycles. The number of fused-ring (bicyclic) bond motifs is 1. The SMILES string of the molecule is N#CSc1c(-c2ccc(Cl)cc2)[nH]c2ccccc12. The normalized spacial score (nSPS) is 10.5. The van der Waals surface area contributed by atoms with Crippen LogP contribution in [0.5, 0.6) is 0 Å². The van der Waals surface area contributed by atoms with Crippen LogP contribution >= 0.6 is 23.4 Å². The van der Waals surface area contributed by atoms with Crippen molar-refractivity contribution in [2.75, 3.05) is 0 Å². The number of aromatic amines is 1. The van der Waals surface area contributed by atoms with Gasteiger partial charge in [0.15, 0.2) is 0 Å². The van der Waals surface area contributed by atoms with Crippen molar-refractivity contribution in [1.29, 1.82) is 5.26 Å². The lowest BCUT2D eigenvalue weighted by Gasteiger charge is -2.01. The molecule has 0 aliphatic carbocycles. The molecule has 2 aromatic carbocycles. The van der Waals surface area contributed by atoms with Crippen molar-refractivity contribution in [3.63, 3.8) is 0 Å². The van der Waals surface area contributed by atoms with Gasteiger partial charge >= 0.3 is 0 Å². The molecule has 0 saturated heterocycles. The number of H-pyrrole nitrogens is 1. The Kier molecular flexibility index (Phi) is 3.20. The van der Waals surface area contributed by atoms with E-state index in [1.54, 1.807) is 0 Å². The highest BCUT2D eigenvalue weighted by molar-refractivity contribution is 8.04. The first-order valence-electron chi connectivity index (χ1n) is 5.72. The van der Waals surface area contributed by atoms with Gasteiger partial charge in [0.1, 0.15) is 5.40 Å². The van der Waals surface area contributed by atoms with Gasteiger partial charge < -0.3 is 4.98 Å². The van der Waals surface area contributed by atoms with Crippen LogP contribution in [0.15, 0.2) is 53.4 Å². The van der Waals surface area contributed by atoms with Crippen LogP contribution in [0.4, 0.5) is 0 Å². The second kappa shape index (κ2) is 5.00. The summed E-state index contributed by atoms with van der Waals surface area (Å²) in [5, 5.41) is 12.9. The van der Waals surface area contributed by atoms with Gasteiger partial charge in [-0.1, -0.05) is 41.9 Å². The molecule has 3 rings (SSSR count). The Balaban J connectivity index is 2.25. The zero-order chi connectivity index (χ0) is 13.2. The van der Waals surface area contributed by atoms with Gasteiger partial charge in [-0.2, -0.15) is 5.26 Å². The summed E-state index contributed by atoms with van der Waals surface area (Å²) in [4.78, 5) is 4.33. The number of nitrogens with one attached hydrogen (secondary N) is 1. The van der Waals surface area contributed by atoms with E-state index in [1.165, 1.54) is 11.8 Å². The number of benzene rings is 2. The fraction of sp³-hybridized carbons (Fsp3) is 0. The number of hydrogen-bond acceptors (Lipinski definition) is 2. The lowest BCUT2D eigenvalue weighted by atomic mass is 10.1. The quantitative estimate of drug-likeness (QED) is 0.527. The smallest absolute Gasteiger partial charge is 0.138 e. The summed E-state index contributed by atoms with van der Waals surface area (Å²) in [5.41, 5.74) is 3.02. The number of halogens is 1. The van der Waals surface area contributed by atoms with Gasteiger partial charge in [0, 0.05) is 15.9 Å². The number of aromatic nitrogens is 1. The highest BCUT2D eigenvalue weighted by Crippen LogP contribution is 2.37. The molecule has 1 N–H and O–H groups in total. The summed E-state index contributed by atoms with van der Waals surface area (Å²) in [5.74, 6) is 0. The Morgan fingerprint density at radius 3 is 2.53 bits per heavy atom. The molecular weight excluding hydrogens is 276 g/mol. The van der Waals surface area contributed by atoms with E-state index in [1.807, 2.05) is 48.5 Å². The highest BCUT2D eigenvalue weighted by Gasteiger charge is 2.13. The van der Waals surface area contributed by atoms with Crippen LogP contribution in [0.25, 0.3) is 22.2 Å². The summed E-state index contributed by atoms with van der Waals surface area (Å²) in [6.07, 6.45) is 0. The molecule has 92 valence electrons. The number of nitrogens with zero attached hydrogens (tertiary/aromatic N) is 1. The van der Waals surface area contributed by atoms with E-state index in [0.717, 1.165) is 27.1 Å². The van der Waals surface area contributed by atoms with Crippen LogP contribution in [0.3, 0.4) is 0 Å². The second-order valence-corrected chi connectivity index (χ2v) is 5.31. The molecule has 0 amide bonds. The zero-order valence-corrected chi connectivity index (χ0v) is 11.4. The van der Waals surface area contributed by atoms with Crippen LogP contribution in [-0.2, 0) is 0 Å². The minimum Gasteiger partial charge on any atom is -0.354 e. The van der Waals surface area contributed by atoms with Gasteiger partial charge in [-0.15, -0.1) is 0 Å². The monoisotopic (exact) mass is 284 g/mol. The number of hydrogen-bond donors (Lipinski definition) is 1. The maximum Gasteiger partial charge on any atom is 0.138 e. The molecule has 3 aromatic rings. The molecule has 0 atom stereocenters. The van der Waals surface area contributed by atoms with Gasteiger partial charge in [-0.3, -0.25) is 0 Å². The number of thiocyanates is 1. The zero-order valence-electron chi connectivity index (χ0n) is 9.85.